The third-order valence-corrected chi connectivity index (χ3v) is 5.49. The van der Waals surface area contributed by atoms with Gasteiger partial charge in [0.2, 0.25) is 0 Å². The maximum atomic E-state index is 6.01. The van der Waals surface area contributed by atoms with Crippen LogP contribution in [0.4, 0.5) is 11.6 Å². The normalized spacial score (nSPS) is 22.7. The predicted molar refractivity (Wildman–Crippen MR) is 100 cm³/mol. The minimum atomic E-state index is 0.312. The van der Waals surface area contributed by atoms with Crippen LogP contribution in [0.5, 0.6) is 0 Å². The largest absolute Gasteiger partial charge is 0.381 e. The number of hydrogen-bond acceptors (Lipinski definition) is 8. The quantitative estimate of drug-likeness (QED) is 0.737. The van der Waals surface area contributed by atoms with Crippen LogP contribution in [0.1, 0.15) is 24.6 Å². The Labute approximate surface area is 156 Å². The van der Waals surface area contributed by atoms with Gasteiger partial charge in [-0.05, 0) is 25.0 Å². The molecule has 5 heterocycles. The fraction of sp³-hybridized carbons (Fsp3) is 0.389. The monoisotopic (exact) mass is 363 g/mol. The van der Waals surface area contributed by atoms with Gasteiger partial charge in [0.15, 0.2) is 11.6 Å². The maximum absolute atomic E-state index is 6.01. The van der Waals surface area contributed by atoms with Crippen LogP contribution in [0.3, 0.4) is 0 Å². The van der Waals surface area contributed by atoms with Crippen LogP contribution in [0, 0.1) is 0 Å². The molecular weight excluding hydrogens is 342 g/mol. The van der Waals surface area contributed by atoms with Gasteiger partial charge in [-0.25, -0.2) is 14.6 Å². The molecule has 2 aliphatic rings. The number of nitrogens with zero attached hydrogens (tertiary/aromatic N) is 8. The van der Waals surface area contributed by atoms with Gasteiger partial charge in [0, 0.05) is 50.5 Å². The number of rotatable bonds is 3. The van der Waals surface area contributed by atoms with Gasteiger partial charge in [-0.3, -0.25) is 9.88 Å². The highest BCUT2D eigenvalue weighted by atomic mass is 15.4. The van der Waals surface area contributed by atoms with Crippen molar-refractivity contribution in [3.05, 3.63) is 48.8 Å². The summed E-state index contributed by atoms with van der Waals surface area (Å²) in [6.45, 7) is 2.75. The second-order valence-electron chi connectivity index (χ2n) is 6.99. The fourth-order valence-electron chi connectivity index (χ4n) is 4.20. The lowest BCUT2D eigenvalue weighted by atomic mass is 10.1. The molecule has 0 aromatic carbocycles. The molecule has 2 N–H and O–H groups in total. The predicted octanol–water partition coefficient (Wildman–Crippen LogP) is 1.06. The maximum Gasteiger partial charge on any atom is 0.171 e. The van der Waals surface area contributed by atoms with E-state index in [1.165, 1.54) is 0 Å². The lowest BCUT2D eigenvalue weighted by Crippen LogP contribution is -2.51. The van der Waals surface area contributed by atoms with Crippen molar-refractivity contribution in [2.24, 2.45) is 0 Å². The van der Waals surface area contributed by atoms with Gasteiger partial charge in [0.05, 0.1) is 17.9 Å². The summed E-state index contributed by atoms with van der Waals surface area (Å²) in [4.78, 5) is 17.4. The summed E-state index contributed by atoms with van der Waals surface area (Å²) in [7, 11) is 0. The zero-order valence-electron chi connectivity index (χ0n) is 14.9. The third-order valence-electron chi connectivity index (χ3n) is 5.49. The standard InChI is InChI=1S/C18H21N9/c19-17-18(22-8-7-21-17)25-9-10-26-14(11-25)1-2-16(26)15-12-27(24-23-15)13-3-5-20-6-4-13/h3-8,12,14,16H,1-2,9-11H2,(H2,19,21)/t14-,16+/m0/s1. The number of fused-ring (bicyclic) bond motifs is 1. The van der Waals surface area contributed by atoms with Crippen LogP contribution < -0.4 is 10.6 Å². The van der Waals surface area contributed by atoms with Crippen molar-refractivity contribution in [1.29, 1.82) is 0 Å². The molecule has 9 heteroatoms. The molecule has 0 saturated carbocycles. The number of hydrogen-bond donors (Lipinski definition) is 1. The van der Waals surface area contributed by atoms with Gasteiger partial charge in [-0.1, -0.05) is 5.21 Å². The van der Waals surface area contributed by atoms with Crippen molar-refractivity contribution < 1.29 is 0 Å². The second kappa shape index (κ2) is 6.58. The third kappa shape index (κ3) is 2.89. The second-order valence-corrected chi connectivity index (χ2v) is 6.99. The summed E-state index contributed by atoms with van der Waals surface area (Å²) in [5.74, 6) is 1.30. The molecular formula is C18H21N9. The summed E-state index contributed by atoms with van der Waals surface area (Å²) >= 11 is 0. The van der Waals surface area contributed by atoms with Crippen LogP contribution in [-0.2, 0) is 0 Å². The van der Waals surface area contributed by atoms with E-state index in [-0.39, 0.29) is 0 Å². The van der Waals surface area contributed by atoms with Crippen molar-refractivity contribution in [2.75, 3.05) is 30.3 Å². The summed E-state index contributed by atoms with van der Waals surface area (Å²) in [6, 6.07) is 4.64. The highest BCUT2D eigenvalue weighted by molar-refractivity contribution is 5.57. The Hall–Kier alpha value is -3.07. The smallest absolute Gasteiger partial charge is 0.171 e. The molecule has 0 radical (unpaired) electrons. The van der Waals surface area contributed by atoms with Crippen LogP contribution in [0.25, 0.3) is 5.69 Å². The van der Waals surface area contributed by atoms with Crippen molar-refractivity contribution in [3.8, 4) is 5.69 Å². The molecule has 0 bridgehead atoms. The minimum absolute atomic E-state index is 0.312. The van der Waals surface area contributed by atoms with Gasteiger partial charge in [-0.15, -0.1) is 5.10 Å². The summed E-state index contributed by atoms with van der Waals surface area (Å²) < 4.78 is 1.82. The number of aromatic nitrogens is 6. The molecule has 2 saturated heterocycles. The van der Waals surface area contributed by atoms with E-state index in [0.29, 0.717) is 17.9 Å². The number of piperazine rings is 1. The summed E-state index contributed by atoms with van der Waals surface area (Å²) in [6.07, 6.45) is 11.1. The Bertz CT molecular complexity index is 925. The molecule has 27 heavy (non-hydrogen) atoms. The first-order chi connectivity index (χ1) is 13.3. The number of anilines is 2. The van der Waals surface area contributed by atoms with Gasteiger partial charge in [0.25, 0.3) is 0 Å². The molecule has 2 atom stereocenters. The average molecular weight is 363 g/mol. The molecule has 9 nitrogen and oxygen atoms in total. The van der Waals surface area contributed by atoms with E-state index >= 15 is 0 Å². The van der Waals surface area contributed by atoms with E-state index in [9.17, 15) is 0 Å². The van der Waals surface area contributed by atoms with E-state index < -0.39 is 0 Å². The van der Waals surface area contributed by atoms with Crippen LogP contribution >= 0.6 is 0 Å². The first kappa shape index (κ1) is 16.1. The topological polar surface area (TPSA) is 102 Å². The van der Waals surface area contributed by atoms with Gasteiger partial charge in [0.1, 0.15) is 5.69 Å². The fourth-order valence-corrected chi connectivity index (χ4v) is 4.20. The summed E-state index contributed by atoms with van der Waals surface area (Å²) in [5.41, 5.74) is 8.01. The molecule has 2 fully saturated rings. The van der Waals surface area contributed by atoms with E-state index in [0.717, 1.165) is 49.7 Å². The number of nitrogens with two attached hydrogens (primary N) is 1. The highest BCUT2D eigenvalue weighted by Gasteiger charge is 2.39. The van der Waals surface area contributed by atoms with Crippen molar-refractivity contribution in [2.45, 2.75) is 24.9 Å². The average Bonchev–Trinajstić information content (AvgIpc) is 3.35. The lowest BCUT2D eigenvalue weighted by molar-refractivity contribution is 0.173. The molecule has 3 aromatic heterocycles. The van der Waals surface area contributed by atoms with E-state index in [4.69, 9.17) is 5.73 Å². The molecule has 2 aliphatic heterocycles. The minimum Gasteiger partial charge on any atom is -0.381 e. The van der Waals surface area contributed by atoms with Crippen LogP contribution in [0.15, 0.2) is 43.1 Å². The van der Waals surface area contributed by atoms with Crippen LogP contribution in [0.2, 0.25) is 0 Å². The Morgan fingerprint density at radius 1 is 1.00 bits per heavy atom. The zero-order valence-corrected chi connectivity index (χ0v) is 14.9. The highest BCUT2D eigenvalue weighted by Crippen LogP contribution is 2.38. The molecule has 138 valence electrons. The lowest BCUT2D eigenvalue weighted by Gasteiger charge is -2.40. The molecule has 0 aliphatic carbocycles. The summed E-state index contributed by atoms with van der Waals surface area (Å²) in [5, 5.41) is 8.76. The van der Waals surface area contributed by atoms with Crippen molar-refractivity contribution in [1.82, 2.24) is 34.8 Å². The molecule has 0 unspecified atom stereocenters. The van der Waals surface area contributed by atoms with Crippen LogP contribution in [-0.4, -0.2) is 60.5 Å². The van der Waals surface area contributed by atoms with Gasteiger partial charge in [-0.2, -0.15) is 0 Å². The molecule has 3 aromatic rings. The molecule has 0 spiro atoms. The van der Waals surface area contributed by atoms with Gasteiger partial charge >= 0.3 is 0 Å². The Balaban J connectivity index is 1.33. The van der Waals surface area contributed by atoms with Crippen molar-refractivity contribution in [3.63, 3.8) is 0 Å². The number of pyridine rings is 1. The number of nitrogen functional groups attached to an aromatic ring is 1. The Morgan fingerprint density at radius 2 is 1.85 bits per heavy atom. The van der Waals surface area contributed by atoms with Gasteiger partial charge < -0.3 is 10.6 Å². The van der Waals surface area contributed by atoms with E-state index in [1.54, 1.807) is 24.8 Å². The first-order valence-electron chi connectivity index (χ1n) is 9.19. The van der Waals surface area contributed by atoms with E-state index in [1.807, 2.05) is 23.0 Å². The SMILES string of the molecule is Nc1nccnc1N1CCN2[C@@H](CC[C@@H]2c2cn(-c3ccncc3)nn2)C1. The first-order valence-corrected chi connectivity index (χ1v) is 9.19. The molecule has 5 rings (SSSR count). The van der Waals surface area contributed by atoms with Crippen molar-refractivity contribution >= 4 is 11.6 Å². The zero-order chi connectivity index (χ0) is 18.2. The van der Waals surface area contributed by atoms with E-state index in [2.05, 4.69) is 35.1 Å². The Morgan fingerprint density at radius 3 is 2.70 bits per heavy atom. The Kier molecular flexibility index (Phi) is 3.93. The molecule has 0 amide bonds.